The van der Waals surface area contributed by atoms with Gasteiger partial charge in [-0.05, 0) is 36.1 Å². The third-order valence-electron chi connectivity index (χ3n) is 4.67. The normalized spacial score (nSPS) is 18.0. The predicted octanol–water partition coefficient (Wildman–Crippen LogP) is 4.68. The molecule has 0 radical (unpaired) electrons. The molecule has 24 heavy (non-hydrogen) atoms. The highest BCUT2D eigenvalue weighted by Gasteiger charge is 2.17. The Morgan fingerprint density at radius 2 is 2.00 bits per heavy atom. The van der Waals surface area contributed by atoms with Gasteiger partial charge < -0.3 is 10.6 Å². The third-order valence-corrected chi connectivity index (χ3v) is 4.67. The van der Waals surface area contributed by atoms with Crippen LogP contribution in [0, 0.1) is 5.82 Å². The van der Waals surface area contributed by atoms with E-state index in [9.17, 15) is 4.39 Å². The Labute approximate surface area is 143 Å². The third kappa shape index (κ3) is 3.97. The lowest BCUT2D eigenvalue weighted by Gasteiger charge is -2.17. The summed E-state index contributed by atoms with van der Waals surface area (Å²) in [7, 11) is 0. The Bertz CT molecular complexity index is 709. The fourth-order valence-corrected chi connectivity index (χ4v) is 3.12. The van der Waals surface area contributed by atoms with Crippen LogP contribution in [-0.4, -0.2) is 6.04 Å². The van der Waals surface area contributed by atoms with Crippen LogP contribution in [0.15, 0.2) is 60.4 Å². The fraction of sp³-hybridized carbons (Fsp3) is 0.333. The molecular weight excluding hydrogens is 299 g/mol. The van der Waals surface area contributed by atoms with Crippen LogP contribution in [0.2, 0.25) is 0 Å². The van der Waals surface area contributed by atoms with Crippen molar-refractivity contribution in [3.8, 4) is 0 Å². The van der Waals surface area contributed by atoms with Gasteiger partial charge in [-0.25, -0.2) is 4.39 Å². The quantitative estimate of drug-likeness (QED) is 0.806. The first-order chi connectivity index (χ1) is 11.7. The topological polar surface area (TPSA) is 24.1 Å². The summed E-state index contributed by atoms with van der Waals surface area (Å²) >= 11 is 0. The molecule has 2 N–H and O–H groups in total. The number of hydrogen-bond acceptors (Lipinski definition) is 2. The van der Waals surface area contributed by atoms with E-state index in [1.165, 1.54) is 5.70 Å². The molecule has 0 saturated heterocycles. The highest BCUT2D eigenvalue weighted by Crippen LogP contribution is 2.22. The zero-order valence-corrected chi connectivity index (χ0v) is 14.4. The second-order valence-corrected chi connectivity index (χ2v) is 6.52. The van der Waals surface area contributed by atoms with Crippen molar-refractivity contribution in [2.75, 3.05) is 0 Å². The maximum atomic E-state index is 14.5. The Kier molecular flexibility index (Phi) is 5.19. The van der Waals surface area contributed by atoms with E-state index >= 15 is 0 Å². The number of benzene rings is 2. The molecule has 0 saturated carbocycles. The van der Waals surface area contributed by atoms with Crippen LogP contribution in [0.25, 0.3) is 0 Å². The first kappa shape index (κ1) is 16.6. The minimum absolute atomic E-state index is 0.0916. The van der Waals surface area contributed by atoms with Crippen LogP contribution in [-0.2, 0) is 6.42 Å². The second kappa shape index (κ2) is 7.52. The van der Waals surface area contributed by atoms with Crippen LogP contribution in [0.3, 0.4) is 0 Å². The fourth-order valence-electron chi connectivity index (χ4n) is 3.12. The van der Waals surface area contributed by atoms with Crippen LogP contribution < -0.4 is 10.6 Å². The molecule has 0 spiro atoms. The van der Waals surface area contributed by atoms with Gasteiger partial charge in [-0.1, -0.05) is 49.4 Å². The maximum Gasteiger partial charge on any atom is 0.127 e. The minimum Gasteiger partial charge on any atom is -0.386 e. The molecule has 1 heterocycles. The molecule has 0 fully saturated rings. The predicted molar refractivity (Wildman–Crippen MR) is 97.1 cm³/mol. The summed E-state index contributed by atoms with van der Waals surface area (Å²) in [5.41, 5.74) is 4.04. The first-order valence-electron chi connectivity index (χ1n) is 8.69. The molecule has 2 aromatic carbocycles. The van der Waals surface area contributed by atoms with Crippen molar-refractivity contribution >= 4 is 0 Å². The second-order valence-electron chi connectivity index (χ2n) is 6.52. The minimum atomic E-state index is -0.130. The van der Waals surface area contributed by atoms with Gasteiger partial charge in [0.25, 0.3) is 0 Å². The first-order valence-corrected chi connectivity index (χ1v) is 8.69. The molecule has 0 aliphatic carbocycles. The summed E-state index contributed by atoms with van der Waals surface area (Å²) in [6.45, 7) is 4.25. The van der Waals surface area contributed by atoms with E-state index in [0.717, 1.165) is 29.5 Å². The molecule has 0 amide bonds. The van der Waals surface area contributed by atoms with Crippen molar-refractivity contribution in [3.63, 3.8) is 0 Å². The average Bonchev–Trinajstić information content (AvgIpc) is 3.05. The van der Waals surface area contributed by atoms with Gasteiger partial charge in [-0.2, -0.15) is 0 Å². The van der Waals surface area contributed by atoms with E-state index < -0.39 is 0 Å². The molecule has 0 aromatic heterocycles. The van der Waals surface area contributed by atoms with Crippen LogP contribution in [0.5, 0.6) is 0 Å². The van der Waals surface area contributed by atoms with Crippen LogP contribution >= 0.6 is 0 Å². The number of nitrogens with one attached hydrogen (secondary N) is 2. The van der Waals surface area contributed by atoms with Gasteiger partial charge in [-0.3, -0.25) is 0 Å². The maximum absolute atomic E-state index is 14.5. The number of rotatable bonds is 6. The summed E-state index contributed by atoms with van der Waals surface area (Å²) in [4.78, 5) is 0. The Morgan fingerprint density at radius 1 is 1.21 bits per heavy atom. The van der Waals surface area contributed by atoms with Gasteiger partial charge in [0.1, 0.15) is 5.82 Å². The standard InChI is InChI=1S/C21H25FN2/c1-3-19-13-20(14-23-19)24-15(2)17-9-10-18(21(22)12-17)11-16-7-5-4-6-8-16/h4-10,12,14-15,19,23-24H,3,11,13H2,1-2H3. The lowest BCUT2D eigenvalue weighted by molar-refractivity contribution is 0.566. The zero-order valence-electron chi connectivity index (χ0n) is 14.4. The molecule has 3 rings (SSSR count). The van der Waals surface area contributed by atoms with Gasteiger partial charge in [0.2, 0.25) is 0 Å². The molecular formula is C21H25FN2. The van der Waals surface area contributed by atoms with E-state index in [0.29, 0.717) is 12.5 Å². The van der Waals surface area contributed by atoms with Crippen molar-refractivity contribution in [1.82, 2.24) is 10.6 Å². The molecule has 2 unspecified atom stereocenters. The van der Waals surface area contributed by atoms with Crippen molar-refractivity contribution in [2.45, 2.75) is 45.2 Å². The zero-order chi connectivity index (χ0) is 16.9. The van der Waals surface area contributed by atoms with Gasteiger partial charge >= 0.3 is 0 Å². The lowest BCUT2D eigenvalue weighted by Crippen LogP contribution is -2.20. The number of halogens is 1. The van der Waals surface area contributed by atoms with Crippen LogP contribution in [0.4, 0.5) is 4.39 Å². The van der Waals surface area contributed by atoms with Crippen LogP contribution in [0.1, 0.15) is 49.4 Å². The smallest absolute Gasteiger partial charge is 0.127 e. The average molecular weight is 324 g/mol. The highest BCUT2D eigenvalue weighted by atomic mass is 19.1. The molecule has 126 valence electrons. The number of hydrogen-bond donors (Lipinski definition) is 2. The largest absolute Gasteiger partial charge is 0.386 e. The molecule has 0 bridgehead atoms. The van der Waals surface area contributed by atoms with Crippen molar-refractivity contribution in [2.24, 2.45) is 0 Å². The molecule has 3 heteroatoms. The van der Waals surface area contributed by atoms with Crippen molar-refractivity contribution in [3.05, 3.63) is 82.9 Å². The van der Waals surface area contributed by atoms with Gasteiger partial charge in [0.15, 0.2) is 0 Å². The molecule has 1 aliphatic rings. The van der Waals surface area contributed by atoms with E-state index in [1.807, 2.05) is 48.7 Å². The monoisotopic (exact) mass is 324 g/mol. The highest BCUT2D eigenvalue weighted by molar-refractivity contribution is 5.31. The lowest BCUT2D eigenvalue weighted by atomic mass is 10.0. The molecule has 2 atom stereocenters. The summed E-state index contributed by atoms with van der Waals surface area (Å²) in [6.07, 6.45) is 4.79. The van der Waals surface area contributed by atoms with Gasteiger partial charge in [-0.15, -0.1) is 0 Å². The van der Waals surface area contributed by atoms with Crippen molar-refractivity contribution < 1.29 is 4.39 Å². The van der Waals surface area contributed by atoms with E-state index in [2.05, 4.69) is 24.5 Å². The Balaban J connectivity index is 1.66. The Morgan fingerprint density at radius 3 is 2.67 bits per heavy atom. The molecule has 1 aliphatic heterocycles. The summed E-state index contributed by atoms with van der Waals surface area (Å²) < 4.78 is 14.5. The summed E-state index contributed by atoms with van der Waals surface area (Å²) in [5.74, 6) is -0.130. The van der Waals surface area contributed by atoms with E-state index in [1.54, 1.807) is 6.07 Å². The molecule has 2 nitrogen and oxygen atoms in total. The van der Waals surface area contributed by atoms with E-state index in [-0.39, 0.29) is 11.9 Å². The summed E-state index contributed by atoms with van der Waals surface area (Å²) in [6, 6.07) is 16.2. The SMILES string of the molecule is CCC1CC(NC(C)c2ccc(Cc3ccccc3)c(F)c2)=CN1. The van der Waals surface area contributed by atoms with Crippen molar-refractivity contribution in [1.29, 1.82) is 0 Å². The van der Waals surface area contributed by atoms with Gasteiger partial charge in [0, 0.05) is 36.8 Å². The Hall–Kier alpha value is -2.29. The van der Waals surface area contributed by atoms with Gasteiger partial charge in [0.05, 0.1) is 0 Å². The summed E-state index contributed by atoms with van der Waals surface area (Å²) in [5, 5.41) is 6.85. The molecule has 2 aromatic rings. The van der Waals surface area contributed by atoms with E-state index in [4.69, 9.17) is 0 Å².